The number of carboxylic acids is 1. The SMILES string of the molecule is COC(=O)C[C@H](NC(=O)NCCc1noc(C)n1)C(=O)O. The highest BCUT2D eigenvalue weighted by atomic mass is 16.5. The molecular formula is C11H16N4O6. The molecule has 1 rings (SSSR count). The number of rotatable bonds is 7. The van der Waals surface area contributed by atoms with Crippen molar-refractivity contribution in [2.45, 2.75) is 25.8 Å². The minimum Gasteiger partial charge on any atom is -0.480 e. The highest BCUT2D eigenvalue weighted by Crippen LogP contribution is 1.96. The lowest BCUT2D eigenvalue weighted by molar-refractivity contribution is -0.147. The van der Waals surface area contributed by atoms with Crippen LogP contribution in [-0.2, 0) is 20.7 Å². The number of nitrogens with one attached hydrogen (secondary N) is 2. The average Bonchev–Trinajstić information content (AvgIpc) is 2.83. The second-order valence-electron chi connectivity index (χ2n) is 4.05. The molecule has 0 unspecified atom stereocenters. The Morgan fingerprint density at radius 2 is 2.14 bits per heavy atom. The van der Waals surface area contributed by atoms with E-state index in [0.717, 1.165) is 7.11 Å². The number of methoxy groups -OCH3 is 1. The number of urea groups is 1. The van der Waals surface area contributed by atoms with Gasteiger partial charge in [-0.3, -0.25) is 4.79 Å². The van der Waals surface area contributed by atoms with E-state index < -0.39 is 30.4 Å². The molecule has 0 saturated heterocycles. The van der Waals surface area contributed by atoms with Gasteiger partial charge in [-0.15, -0.1) is 0 Å². The quantitative estimate of drug-likeness (QED) is 0.557. The summed E-state index contributed by atoms with van der Waals surface area (Å²) in [5.41, 5.74) is 0. The minimum absolute atomic E-state index is 0.190. The van der Waals surface area contributed by atoms with Crippen molar-refractivity contribution in [3.8, 4) is 0 Å². The molecule has 0 radical (unpaired) electrons. The molecule has 10 nitrogen and oxygen atoms in total. The van der Waals surface area contributed by atoms with Gasteiger partial charge in [-0.05, 0) is 0 Å². The Hall–Kier alpha value is -2.65. The van der Waals surface area contributed by atoms with Crippen LogP contribution in [0.15, 0.2) is 4.52 Å². The molecule has 1 aromatic heterocycles. The first-order valence-electron chi connectivity index (χ1n) is 6.05. The summed E-state index contributed by atoms with van der Waals surface area (Å²) in [6.45, 7) is 1.83. The molecule has 0 spiro atoms. The van der Waals surface area contributed by atoms with E-state index in [1.807, 2.05) is 0 Å². The Morgan fingerprint density at radius 1 is 1.43 bits per heavy atom. The average molecular weight is 300 g/mol. The predicted octanol–water partition coefficient (Wildman–Crippen LogP) is -0.764. The Labute approximate surface area is 119 Å². The molecule has 0 aliphatic carbocycles. The van der Waals surface area contributed by atoms with E-state index >= 15 is 0 Å². The molecule has 0 aromatic carbocycles. The van der Waals surface area contributed by atoms with Crippen molar-refractivity contribution in [2.24, 2.45) is 0 Å². The molecule has 1 heterocycles. The number of aromatic nitrogens is 2. The van der Waals surface area contributed by atoms with Crippen molar-refractivity contribution in [2.75, 3.05) is 13.7 Å². The van der Waals surface area contributed by atoms with Crippen LogP contribution >= 0.6 is 0 Å². The van der Waals surface area contributed by atoms with Gasteiger partial charge in [0.1, 0.15) is 6.04 Å². The molecule has 3 N–H and O–H groups in total. The van der Waals surface area contributed by atoms with Gasteiger partial charge in [0, 0.05) is 19.9 Å². The van der Waals surface area contributed by atoms with Gasteiger partial charge in [0.15, 0.2) is 5.82 Å². The summed E-state index contributed by atoms with van der Waals surface area (Å²) in [4.78, 5) is 37.4. The maximum atomic E-state index is 11.5. The molecule has 0 aliphatic heterocycles. The van der Waals surface area contributed by atoms with Crippen molar-refractivity contribution in [1.29, 1.82) is 0 Å². The molecule has 1 atom stereocenters. The van der Waals surface area contributed by atoms with E-state index in [9.17, 15) is 14.4 Å². The van der Waals surface area contributed by atoms with Crippen LogP contribution in [0.4, 0.5) is 4.79 Å². The van der Waals surface area contributed by atoms with E-state index in [2.05, 4.69) is 25.5 Å². The van der Waals surface area contributed by atoms with Crippen molar-refractivity contribution < 1.29 is 28.8 Å². The number of esters is 1. The second kappa shape index (κ2) is 7.82. The lowest BCUT2D eigenvalue weighted by Gasteiger charge is -2.13. The van der Waals surface area contributed by atoms with Crippen LogP contribution in [0.1, 0.15) is 18.1 Å². The third kappa shape index (κ3) is 5.89. The number of aliphatic carboxylic acids is 1. The highest BCUT2D eigenvalue weighted by Gasteiger charge is 2.23. The summed E-state index contributed by atoms with van der Waals surface area (Å²) in [6.07, 6.45) is -0.122. The van der Waals surface area contributed by atoms with Crippen LogP contribution in [-0.4, -0.2) is 52.9 Å². The lowest BCUT2D eigenvalue weighted by atomic mass is 10.2. The molecule has 0 bridgehead atoms. The Kier molecular flexibility index (Phi) is 6.11. The third-order valence-corrected chi connectivity index (χ3v) is 2.41. The fourth-order valence-corrected chi connectivity index (χ4v) is 1.39. The van der Waals surface area contributed by atoms with Gasteiger partial charge >= 0.3 is 18.0 Å². The zero-order chi connectivity index (χ0) is 15.8. The maximum absolute atomic E-state index is 11.5. The molecule has 0 saturated carbocycles. The normalized spacial score (nSPS) is 11.5. The molecule has 1 aromatic rings. The van der Waals surface area contributed by atoms with Crippen molar-refractivity contribution in [3.63, 3.8) is 0 Å². The van der Waals surface area contributed by atoms with Crippen molar-refractivity contribution in [3.05, 3.63) is 11.7 Å². The molecule has 10 heteroatoms. The molecule has 21 heavy (non-hydrogen) atoms. The van der Waals surface area contributed by atoms with E-state index in [0.29, 0.717) is 18.1 Å². The van der Waals surface area contributed by atoms with Crippen LogP contribution in [0, 0.1) is 6.92 Å². The van der Waals surface area contributed by atoms with Crippen LogP contribution in [0.2, 0.25) is 0 Å². The fourth-order valence-electron chi connectivity index (χ4n) is 1.39. The fraction of sp³-hybridized carbons (Fsp3) is 0.545. The molecule has 0 aliphatic rings. The predicted molar refractivity (Wildman–Crippen MR) is 67.3 cm³/mol. The van der Waals surface area contributed by atoms with E-state index in [1.54, 1.807) is 6.92 Å². The van der Waals surface area contributed by atoms with Gasteiger partial charge in [-0.1, -0.05) is 5.16 Å². The summed E-state index contributed by atoms with van der Waals surface area (Å²) >= 11 is 0. The van der Waals surface area contributed by atoms with Crippen LogP contribution < -0.4 is 10.6 Å². The first-order valence-corrected chi connectivity index (χ1v) is 6.05. The van der Waals surface area contributed by atoms with Crippen molar-refractivity contribution >= 4 is 18.0 Å². The second-order valence-corrected chi connectivity index (χ2v) is 4.05. The molecule has 2 amide bonds. The first-order chi connectivity index (χ1) is 9.92. The number of hydrogen-bond acceptors (Lipinski definition) is 7. The van der Waals surface area contributed by atoms with Gasteiger partial charge in [0.2, 0.25) is 5.89 Å². The number of aryl methyl sites for hydroxylation is 1. The Bertz CT molecular complexity index is 515. The van der Waals surface area contributed by atoms with E-state index in [1.165, 1.54) is 0 Å². The van der Waals surface area contributed by atoms with E-state index in [-0.39, 0.29) is 6.54 Å². The number of amides is 2. The summed E-state index contributed by atoms with van der Waals surface area (Å²) in [7, 11) is 1.13. The van der Waals surface area contributed by atoms with Crippen molar-refractivity contribution in [1.82, 2.24) is 20.8 Å². The Morgan fingerprint density at radius 3 is 2.67 bits per heavy atom. The maximum Gasteiger partial charge on any atom is 0.326 e. The summed E-state index contributed by atoms with van der Waals surface area (Å²) < 4.78 is 9.11. The number of carbonyl (C=O) groups excluding carboxylic acids is 2. The van der Waals surface area contributed by atoms with Gasteiger partial charge < -0.3 is 25.0 Å². The lowest BCUT2D eigenvalue weighted by Crippen LogP contribution is -2.47. The third-order valence-electron chi connectivity index (χ3n) is 2.41. The zero-order valence-electron chi connectivity index (χ0n) is 11.6. The van der Waals surface area contributed by atoms with Gasteiger partial charge in [0.05, 0.1) is 13.5 Å². The van der Waals surface area contributed by atoms with Gasteiger partial charge in [-0.25, -0.2) is 9.59 Å². The van der Waals surface area contributed by atoms with Gasteiger partial charge in [0.25, 0.3) is 0 Å². The number of ether oxygens (including phenoxy) is 1. The van der Waals surface area contributed by atoms with Crippen LogP contribution in [0.3, 0.4) is 0 Å². The Balaban J connectivity index is 2.36. The van der Waals surface area contributed by atoms with Crippen LogP contribution in [0.5, 0.6) is 0 Å². The summed E-state index contributed by atoms with van der Waals surface area (Å²) in [5, 5.41) is 17.1. The largest absolute Gasteiger partial charge is 0.480 e. The molecular weight excluding hydrogens is 284 g/mol. The summed E-state index contributed by atoms with van der Waals surface area (Å²) in [5.74, 6) is -1.22. The zero-order valence-corrected chi connectivity index (χ0v) is 11.6. The highest BCUT2D eigenvalue weighted by molar-refractivity contribution is 5.86. The molecule has 0 fully saturated rings. The number of nitrogens with zero attached hydrogens (tertiary/aromatic N) is 2. The standard InChI is InChI=1S/C11H16N4O6/c1-6-13-8(15-21-6)3-4-12-11(19)14-7(10(17)18)5-9(16)20-2/h7H,3-5H2,1-2H3,(H,17,18)(H2,12,14,19)/t7-/m0/s1. The van der Waals surface area contributed by atoms with Gasteiger partial charge in [-0.2, -0.15) is 4.98 Å². The monoisotopic (exact) mass is 300 g/mol. The number of carbonyl (C=O) groups is 3. The first kappa shape index (κ1) is 16.4. The summed E-state index contributed by atoms with van der Waals surface area (Å²) in [6, 6.07) is -2.07. The number of carboxylic acid groups (broad SMARTS) is 1. The number of hydrogen-bond donors (Lipinski definition) is 3. The van der Waals surface area contributed by atoms with E-state index in [4.69, 9.17) is 9.63 Å². The minimum atomic E-state index is -1.36. The smallest absolute Gasteiger partial charge is 0.326 e. The topological polar surface area (TPSA) is 144 Å². The van der Waals surface area contributed by atoms with Crippen LogP contribution in [0.25, 0.3) is 0 Å². The molecule has 116 valence electrons.